The number of fused-ring (bicyclic) bond motifs is 1. The molecule has 1 fully saturated rings. The molecule has 0 aliphatic carbocycles. The van der Waals surface area contributed by atoms with Crippen LogP contribution in [-0.2, 0) is 27.7 Å². The molecule has 5 rings (SSSR count). The van der Waals surface area contributed by atoms with E-state index in [1.165, 1.54) is 22.0 Å². The molecule has 1 saturated heterocycles. The summed E-state index contributed by atoms with van der Waals surface area (Å²) in [6.07, 6.45) is 0.547. The Hall–Kier alpha value is -3.33. The number of rotatable bonds is 5. The van der Waals surface area contributed by atoms with Crippen LogP contribution in [-0.4, -0.2) is 49.8 Å². The molecule has 3 aromatic rings. The van der Waals surface area contributed by atoms with Gasteiger partial charge in [0.15, 0.2) is 0 Å². The fourth-order valence-electron chi connectivity index (χ4n) is 4.94. The Morgan fingerprint density at radius 1 is 0.973 bits per heavy atom. The summed E-state index contributed by atoms with van der Waals surface area (Å²) in [5, 5.41) is 0. The highest BCUT2D eigenvalue weighted by Crippen LogP contribution is 2.30. The standard InChI is InChI=1S/C29H31N3O4S/c1-4-22-12-14-25(15-13-22)32-19-24-8-5-6-11-27(24)28(32)30-29(33)23-9-7-10-26(16-23)37(34,35)31-17-20(2)36-21(3)18-31/h5-16,20-21H,4,17-19H2,1-3H3. The second kappa shape index (κ2) is 10.2. The molecule has 7 nitrogen and oxygen atoms in total. The smallest absolute Gasteiger partial charge is 0.279 e. The average Bonchev–Trinajstić information content (AvgIpc) is 3.26. The van der Waals surface area contributed by atoms with Gasteiger partial charge in [0.1, 0.15) is 5.84 Å². The number of anilines is 1. The van der Waals surface area contributed by atoms with Crippen LogP contribution in [0.15, 0.2) is 82.7 Å². The van der Waals surface area contributed by atoms with Gasteiger partial charge in [-0.15, -0.1) is 0 Å². The maximum atomic E-state index is 13.4. The summed E-state index contributed by atoms with van der Waals surface area (Å²) in [5.74, 6) is 0.0802. The van der Waals surface area contributed by atoms with Crippen molar-refractivity contribution in [2.24, 2.45) is 4.99 Å². The van der Waals surface area contributed by atoms with Gasteiger partial charge in [-0.3, -0.25) is 4.79 Å². The van der Waals surface area contributed by atoms with Gasteiger partial charge in [-0.05, 0) is 61.7 Å². The summed E-state index contributed by atoms with van der Waals surface area (Å²) in [7, 11) is -3.78. The molecule has 2 aliphatic heterocycles. The van der Waals surface area contributed by atoms with Crippen molar-refractivity contribution in [2.45, 2.75) is 50.8 Å². The number of sulfonamides is 1. The van der Waals surface area contributed by atoms with Crippen LogP contribution in [0.4, 0.5) is 5.69 Å². The summed E-state index contributed by atoms with van der Waals surface area (Å²) >= 11 is 0. The lowest BCUT2D eigenvalue weighted by molar-refractivity contribution is -0.0440. The van der Waals surface area contributed by atoms with Crippen molar-refractivity contribution < 1.29 is 17.9 Å². The number of aryl methyl sites for hydroxylation is 1. The van der Waals surface area contributed by atoms with Crippen LogP contribution in [0, 0.1) is 0 Å². The largest absolute Gasteiger partial charge is 0.373 e. The van der Waals surface area contributed by atoms with Gasteiger partial charge in [0.2, 0.25) is 10.0 Å². The number of amidine groups is 1. The molecule has 2 heterocycles. The highest BCUT2D eigenvalue weighted by Gasteiger charge is 2.33. The van der Waals surface area contributed by atoms with Crippen molar-refractivity contribution in [3.8, 4) is 0 Å². The number of carbonyl (C=O) groups is 1. The first kappa shape index (κ1) is 25.3. The number of benzene rings is 3. The normalized spacial score (nSPS) is 21.3. The van der Waals surface area contributed by atoms with Gasteiger partial charge in [-0.1, -0.05) is 49.4 Å². The molecule has 0 bridgehead atoms. The molecule has 0 spiro atoms. The van der Waals surface area contributed by atoms with Crippen molar-refractivity contribution in [3.05, 3.63) is 95.1 Å². The quantitative estimate of drug-likeness (QED) is 0.492. The van der Waals surface area contributed by atoms with Gasteiger partial charge in [0.05, 0.1) is 23.6 Å². The Morgan fingerprint density at radius 3 is 2.38 bits per heavy atom. The highest BCUT2D eigenvalue weighted by molar-refractivity contribution is 7.89. The zero-order valence-corrected chi connectivity index (χ0v) is 22.1. The molecule has 1 amide bonds. The van der Waals surface area contributed by atoms with Crippen molar-refractivity contribution in [1.29, 1.82) is 0 Å². The molecule has 0 N–H and O–H groups in total. The summed E-state index contributed by atoms with van der Waals surface area (Å²) in [4.78, 5) is 20.0. The Morgan fingerprint density at radius 2 is 1.68 bits per heavy atom. The predicted molar refractivity (Wildman–Crippen MR) is 145 cm³/mol. The topological polar surface area (TPSA) is 79.3 Å². The van der Waals surface area contributed by atoms with Crippen LogP contribution in [0.5, 0.6) is 0 Å². The van der Waals surface area contributed by atoms with E-state index in [1.54, 1.807) is 12.1 Å². The molecule has 3 aromatic carbocycles. The number of ether oxygens (including phenoxy) is 1. The summed E-state index contributed by atoms with van der Waals surface area (Å²) < 4.78 is 33.8. The number of hydrogen-bond acceptors (Lipinski definition) is 4. The first-order valence-electron chi connectivity index (χ1n) is 12.6. The third kappa shape index (κ3) is 5.09. The van der Waals surface area contributed by atoms with Crippen molar-refractivity contribution in [1.82, 2.24) is 4.31 Å². The van der Waals surface area contributed by atoms with E-state index in [2.05, 4.69) is 24.0 Å². The second-order valence-corrected chi connectivity index (χ2v) is 11.5. The Kier molecular flexibility index (Phi) is 6.98. The van der Waals surface area contributed by atoms with Crippen molar-refractivity contribution in [2.75, 3.05) is 18.0 Å². The zero-order chi connectivity index (χ0) is 26.2. The molecule has 0 saturated carbocycles. The molecular formula is C29H31N3O4S. The van der Waals surface area contributed by atoms with E-state index in [-0.39, 0.29) is 35.8 Å². The first-order valence-corrected chi connectivity index (χ1v) is 14.0. The Labute approximate surface area is 218 Å². The van der Waals surface area contributed by atoms with Gasteiger partial charge in [-0.25, -0.2) is 8.42 Å². The predicted octanol–water partition coefficient (Wildman–Crippen LogP) is 4.65. The van der Waals surface area contributed by atoms with Crippen LogP contribution in [0.3, 0.4) is 0 Å². The van der Waals surface area contributed by atoms with Crippen LogP contribution in [0.1, 0.15) is 47.8 Å². The van der Waals surface area contributed by atoms with Crippen LogP contribution >= 0.6 is 0 Å². The van der Waals surface area contributed by atoms with Crippen molar-refractivity contribution >= 4 is 27.5 Å². The van der Waals surface area contributed by atoms with E-state index in [0.717, 1.165) is 23.2 Å². The van der Waals surface area contributed by atoms with Crippen LogP contribution < -0.4 is 4.90 Å². The number of amides is 1. The van der Waals surface area contributed by atoms with Gasteiger partial charge in [-0.2, -0.15) is 9.30 Å². The minimum atomic E-state index is -3.78. The SMILES string of the molecule is CCc1ccc(N2Cc3ccccc3C2=NC(=O)c2cccc(S(=O)(=O)N3CC(C)OC(C)C3)c2)cc1. The van der Waals surface area contributed by atoms with E-state index in [4.69, 9.17) is 4.74 Å². The van der Waals surface area contributed by atoms with Gasteiger partial charge < -0.3 is 9.64 Å². The van der Waals surface area contributed by atoms with Gasteiger partial charge in [0.25, 0.3) is 5.91 Å². The van der Waals surface area contributed by atoms with Crippen LogP contribution in [0.2, 0.25) is 0 Å². The lowest BCUT2D eigenvalue weighted by Gasteiger charge is -2.34. The second-order valence-electron chi connectivity index (χ2n) is 9.61. The van der Waals surface area contributed by atoms with Crippen LogP contribution in [0.25, 0.3) is 0 Å². The zero-order valence-electron chi connectivity index (χ0n) is 21.3. The molecule has 8 heteroatoms. The summed E-state index contributed by atoms with van der Waals surface area (Å²) in [5.41, 5.74) is 4.40. The molecule has 2 aliphatic rings. The molecular weight excluding hydrogens is 486 g/mol. The maximum Gasteiger partial charge on any atom is 0.279 e. The third-order valence-corrected chi connectivity index (χ3v) is 8.64. The van der Waals surface area contributed by atoms with Crippen molar-refractivity contribution in [3.63, 3.8) is 0 Å². The Bertz CT molecular complexity index is 1440. The van der Waals surface area contributed by atoms with E-state index in [9.17, 15) is 13.2 Å². The molecule has 0 aromatic heterocycles. The van der Waals surface area contributed by atoms with E-state index >= 15 is 0 Å². The average molecular weight is 518 g/mol. The minimum absolute atomic E-state index is 0.0821. The lowest BCUT2D eigenvalue weighted by Crippen LogP contribution is -2.48. The molecule has 37 heavy (non-hydrogen) atoms. The molecule has 192 valence electrons. The van der Waals surface area contributed by atoms with Gasteiger partial charge in [0, 0.05) is 29.9 Å². The van der Waals surface area contributed by atoms with Gasteiger partial charge >= 0.3 is 0 Å². The fourth-order valence-corrected chi connectivity index (χ4v) is 6.58. The summed E-state index contributed by atoms with van der Waals surface area (Å²) in [6, 6.07) is 22.3. The lowest BCUT2D eigenvalue weighted by atomic mass is 10.1. The highest BCUT2D eigenvalue weighted by atomic mass is 32.2. The molecule has 0 radical (unpaired) electrons. The first-order chi connectivity index (χ1) is 17.8. The van der Waals surface area contributed by atoms with E-state index in [1.807, 2.05) is 55.1 Å². The number of nitrogens with zero attached hydrogens (tertiary/aromatic N) is 3. The monoisotopic (exact) mass is 517 g/mol. The third-order valence-electron chi connectivity index (χ3n) is 6.81. The maximum absolute atomic E-state index is 13.4. The number of carbonyl (C=O) groups excluding carboxylic acids is 1. The number of morpholine rings is 1. The van der Waals surface area contributed by atoms with E-state index in [0.29, 0.717) is 12.4 Å². The molecule has 2 atom stereocenters. The molecule has 2 unspecified atom stereocenters. The number of hydrogen-bond donors (Lipinski definition) is 0. The minimum Gasteiger partial charge on any atom is -0.373 e. The Balaban J connectivity index is 1.48. The fraction of sp³-hybridized carbons (Fsp3) is 0.310. The number of aliphatic imine (C=N–C) groups is 1. The van der Waals surface area contributed by atoms with E-state index < -0.39 is 15.9 Å². The summed E-state index contributed by atoms with van der Waals surface area (Å²) in [6.45, 7) is 6.98.